The number of anilines is 1. The van der Waals surface area contributed by atoms with E-state index in [0.29, 0.717) is 0 Å². The highest BCUT2D eigenvalue weighted by atomic mass is 35.5. The van der Waals surface area contributed by atoms with Gasteiger partial charge in [-0.3, -0.25) is 20.2 Å². The lowest BCUT2D eigenvalue weighted by molar-refractivity contribution is -0.384. The van der Waals surface area contributed by atoms with Crippen molar-refractivity contribution in [3.8, 4) is 0 Å². The molecule has 0 unspecified atom stereocenters. The molecule has 0 bridgehead atoms. The highest BCUT2D eigenvalue weighted by molar-refractivity contribution is 7.80. The van der Waals surface area contributed by atoms with Gasteiger partial charge in [-0.25, -0.2) is 4.79 Å². The van der Waals surface area contributed by atoms with Crippen molar-refractivity contribution in [2.45, 2.75) is 0 Å². The summed E-state index contributed by atoms with van der Waals surface area (Å²) >= 11 is 16.6. The molecule has 0 aliphatic carbocycles. The van der Waals surface area contributed by atoms with Gasteiger partial charge in [0.1, 0.15) is 0 Å². The lowest BCUT2D eigenvalue weighted by Crippen LogP contribution is -2.34. The number of nitro groups is 1. The number of amides is 1. The van der Waals surface area contributed by atoms with E-state index in [1.165, 1.54) is 24.3 Å². The summed E-state index contributed by atoms with van der Waals surface area (Å²) in [5.41, 5.74) is -0.306. The number of halogens is 2. The molecule has 1 amide bonds. The van der Waals surface area contributed by atoms with Gasteiger partial charge in [-0.05, 0) is 36.5 Å². The largest absolute Gasteiger partial charge is 0.478 e. The summed E-state index contributed by atoms with van der Waals surface area (Å²) in [6.45, 7) is 0. The number of nitro benzene ring substituents is 1. The molecule has 2 rings (SSSR count). The van der Waals surface area contributed by atoms with Crippen molar-refractivity contribution in [1.82, 2.24) is 5.32 Å². The van der Waals surface area contributed by atoms with E-state index in [4.69, 9.17) is 40.5 Å². The number of rotatable bonds is 4. The molecule has 0 atom stereocenters. The molecule has 11 heteroatoms. The van der Waals surface area contributed by atoms with Gasteiger partial charge >= 0.3 is 5.97 Å². The number of carbonyl (C=O) groups excluding carboxylic acids is 1. The number of hydrogen-bond acceptors (Lipinski definition) is 5. The Morgan fingerprint density at radius 2 is 1.81 bits per heavy atom. The Hall–Kier alpha value is -2.75. The lowest BCUT2D eigenvalue weighted by atomic mass is 10.2. The van der Waals surface area contributed by atoms with Crippen LogP contribution in [0.1, 0.15) is 20.7 Å². The Kier molecular flexibility index (Phi) is 6.09. The van der Waals surface area contributed by atoms with Crippen LogP contribution in [0.2, 0.25) is 10.0 Å². The van der Waals surface area contributed by atoms with Crippen molar-refractivity contribution in [3.05, 3.63) is 67.7 Å². The van der Waals surface area contributed by atoms with Crippen molar-refractivity contribution in [3.63, 3.8) is 0 Å². The summed E-state index contributed by atoms with van der Waals surface area (Å²) in [5.74, 6) is -1.95. The Balaban J connectivity index is 2.15. The molecule has 0 fully saturated rings. The van der Waals surface area contributed by atoms with Crippen LogP contribution in [-0.4, -0.2) is 27.0 Å². The fourth-order valence-corrected chi connectivity index (χ4v) is 2.56. The normalized spacial score (nSPS) is 10.1. The van der Waals surface area contributed by atoms with Crippen molar-refractivity contribution in [2.24, 2.45) is 0 Å². The topological polar surface area (TPSA) is 122 Å². The van der Waals surface area contributed by atoms with Gasteiger partial charge in [-0.15, -0.1) is 0 Å². The number of nitrogens with zero attached hydrogens (tertiary/aromatic N) is 1. The van der Waals surface area contributed by atoms with Crippen LogP contribution in [0.5, 0.6) is 0 Å². The van der Waals surface area contributed by atoms with E-state index in [0.717, 1.165) is 12.1 Å². The average Bonchev–Trinajstić information content (AvgIpc) is 2.55. The van der Waals surface area contributed by atoms with Crippen LogP contribution in [0.15, 0.2) is 36.4 Å². The molecule has 0 saturated heterocycles. The molecule has 8 nitrogen and oxygen atoms in total. The molecule has 0 radical (unpaired) electrons. The van der Waals surface area contributed by atoms with Crippen LogP contribution in [0.3, 0.4) is 0 Å². The van der Waals surface area contributed by atoms with Gasteiger partial charge in [-0.1, -0.05) is 23.2 Å². The van der Waals surface area contributed by atoms with Gasteiger partial charge < -0.3 is 10.4 Å². The Labute approximate surface area is 161 Å². The standard InChI is InChI=1S/C15H9Cl2N3O5S/c16-7-1-4-12(10(5-7)14(22)23)18-15(26)19-13(21)9-3-2-8(20(24)25)6-11(9)17/h1-6H,(H,22,23)(H2,18,19,21,26). The van der Waals surface area contributed by atoms with Crippen molar-refractivity contribution in [2.75, 3.05) is 5.32 Å². The molecule has 134 valence electrons. The predicted octanol–water partition coefficient (Wildman–Crippen LogP) is 3.73. The molecule has 26 heavy (non-hydrogen) atoms. The second kappa shape index (κ2) is 8.09. The highest BCUT2D eigenvalue weighted by Gasteiger charge is 2.17. The first-order valence-corrected chi connectivity index (χ1v) is 7.94. The minimum Gasteiger partial charge on any atom is -0.478 e. The third kappa shape index (κ3) is 4.66. The van der Waals surface area contributed by atoms with Crippen molar-refractivity contribution < 1.29 is 19.6 Å². The fourth-order valence-electron chi connectivity index (χ4n) is 1.93. The van der Waals surface area contributed by atoms with E-state index >= 15 is 0 Å². The molecular weight excluding hydrogens is 405 g/mol. The molecule has 3 N–H and O–H groups in total. The van der Waals surface area contributed by atoms with Crippen molar-refractivity contribution >= 4 is 63.8 Å². The second-order valence-corrected chi connectivity index (χ2v) is 6.08. The number of carboxylic acid groups (broad SMARTS) is 1. The number of hydrogen-bond donors (Lipinski definition) is 3. The number of aromatic carboxylic acids is 1. The number of non-ortho nitro benzene ring substituents is 1. The number of thiocarbonyl (C=S) groups is 1. The summed E-state index contributed by atoms with van der Waals surface area (Å²) in [7, 11) is 0. The minimum atomic E-state index is -1.23. The Morgan fingerprint density at radius 3 is 2.38 bits per heavy atom. The first-order valence-electron chi connectivity index (χ1n) is 6.78. The zero-order valence-electron chi connectivity index (χ0n) is 12.7. The third-order valence-corrected chi connectivity index (χ3v) is 3.85. The number of nitrogens with one attached hydrogen (secondary N) is 2. The fraction of sp³-hybridized carbons (Fsp3) is 0. The van der Waals surface area contributed by atoms with Crippen LogP contribution in [-0.2, 0) is 0 Å². The van der Waals surface area contributed by atoms with E-state index in [9.17, 15) is 19.7 Å². The molecule has 0 aliphatic heterocycles. The molecule has 0 spiro atoms. The van der Waals surface area contributed by atoms with E-state index in [1.807, 2.05) is 0 Å². The van der Waals surface area contributed by atoms with E-state index in [-0.39, 0.29) is 37.7 Å². The lowest BCUT2D eigenvalue weighted by Gasteiger charge is -2.12. The summed E-state index contributed by atoms with van der Waals surface area (Å²) < 4.78 is 0. The molecule has 0 heterocycles. The van der Waals surface area contributed by atoms with Gasteiger partial charge in [0.05, 0.1) is 26.8 Å². The summed E-state index contributed by atoms with van der Waals surface area (Å²) in [5, 5.41) is 24.7. The van der Waals surface area contributed by atoms with Gasteiger partial charge in [0.15, 0.2) is 5.11 Å². The minimum absolute atomic E-state index is 0.0315. The van der Waals surface area contributed by atoms with Crippen LogP contribution >= 0.6 is 35.4 Å². The van der Waals surface area contributed by atoms with E-state index in [1.54, 1.807) is 0 Å². The SMILES string of the molecule is O=C(NC(=S)Nc1ccc(Cl)cc1C(=O)O)c1ccc([N+](=O)[O-])cc1Cl. The molecule has 0 aromatic heterocycles. The second-order valence-electron chi connectivity index (χ2n) is 4.82. The average molecular weight is 414 g/mol. The maximum atomic E-state index is 12.2. The smallest absolute Gasteiger partial charge is 0.337 e. The molecule has 0 saturated carbocycles. The maximum absolute atomic E-state index is 12.2. The molecular formula is C15H9Cl2N3O5S. The van der Waals surface area contributed by atoms with E-state index < -0.39 is 16.8 Å². The third-order valence-electron chi connectivity index (χ3n) is 3.10. The van der Waals surface area contributed by atoms with Crippen LogP contribution in [0, 0.1) is 10.1 Å². The highest BCUT2D eigenvalue weighted by Crippen LogP contribution is 2.23. The Morgan fingerprint density at radius 1 is 1.12 bits per heavy atom. The van der Waals surface area contributed by atoms with Crippen molar-refractivity contribution in [1.29, 1.82) is 0 Å². The van der Waals surface area contributed by atoms with Gasteiger partial charge in [0.25, 0.3) is 11.6 Å². The monoisotopic (exact) mass is 413 g/mol. The van der Waals surface area contributed by atoms with Crippen LogP contribution in [0.4, 0.5) is 11.4 Å². The quantitative estimate of drug-likeness (QED) is 0.396. The zero-order chi connectivity index (χ0) is 19.4. The first kappa shape index (κ1) is 19.6. The Bertz CT molecular complexity index is 935. The van der Waals surface area contributed by atoms with Crippen LogP contribution < -0.4 is 10.6 Å². The zero-order valence-corrected chi connectivity index (χ0v) is 15.0. The summed E-state index contributed by atoms with van der Waals surface area (Å²) in [4.78, 5) is 33.5. The number of benzene rings is 2. The van der Waals surface area contributed by atoms with Crippen LogP contribution in [0.25, 0.3) is 0 Å². The van der Waals surface area contributed by atoms with Gasteiger partial charge in [0.2, 0.25) is 0 Å². The number of carbonyl (C=O) groups is 2. The molecule has 0 aliphatic rings. The van der Waals surface area contributed by atoms with Gasteiger partial charge in [0, 0.05) is 17.2 Å². The van der Waals surface area contributed by atoms with Gasteiger partial charge in [-0.2, -0.15) is 0 Å². The molecule has 2 aromatic carbocycles. The summed E-state index contributed by atoms with van der Waals surface area (Å²) in [6, 6.07) is 7.41. The maximum Gasteiger partial charge on any atom is 0.337 e. The predicted molar refractivity (Wildman–Crippen MR) is 100 cm³/mol. The molecule has 2 aromatic rings. The first-order chi connectivity index (χ1) is 12.2. The summed E-state index contributed by atoms with van der Waals surface area (Å²) in [6.07, 6.45) is 0. The number of carboxylic acids is 1. The van der Waals surface area contributed by atoms with E-state index in [2.05, 4.69) is 10.6 Å².